The molecule has 13 nitrogen and oxygen atoms in total. The maximum atomic E-state index is 13.4. The molecule has 58 heavy (non-hydrogen) atoms. The van der Waals surface area contributed by atoms with Crippen molar-refractivity contribution in [3.05, 3.63) is 66.6 Å². The van der Waals surface area contributed by atoms with Crippen molar-refractivity contribution in [1.29, 1.82) is 0 Å². The number of rotatable bonds is 5. The lowest BCUT2D eigenvalue weighted by molar-refractivity contribution is -0.193. The lowest BCUT2D eigenvalue weighted by Gasteiger charge is -2.38. The standard InChI is InChI=1S/C26H26F3N5O2S.3C2HF3O2/c1-17(2)37(35,36)20-5-3-4-19(15-20)33-10-12-34(13-11-33)24-8-9-30-23-7-6-18(14-21(23)24)22-16-31-32-25(22)26(27,28)29;3*3-2(4,5)1(6)7/h3-9,14-17H,10-13H2,1-2H3,(H,31,32);3*(H,6,7). The summed E-state index contributed by atoms with van der Waals surface area (Å²) in [6, 6.07) is 14.0. The Hall–Kier alpha value is -5.82. The van der Waals surface area contributed by atoms with Gasteiger partial charge in [0.2, 0.25) is 0 Å². The van der Waals surface area contributed by atoms with Crippen LogP contribution >= 0.6 is 0 Å². The van der Waals surface area contributed by atoms with Gasteiger partial charge < -0.3 is 25.1 Å². The molecule has 0 unspecified atom stereocenters. The van der Waals surface area contributed by atoms with Crippen molar-refractivity contribution in [1.82, 2.24) is 15.2 Å². The van der Waals surface area contributed by atoms with E-state index < -0.39 is 63.4 Å². The summed E-state index contributed by atoms with van der Waals surface area (Å²) in [4.78, 5) is 35.7. The molecule has 0 bridgehead atoms. The number of fused-ring (bicyclic) bond motifs is 1. The maximum absolute atomic E-state index is 13.4. The van der Waals surface area contributed by atoms with Gasteiger partial charge in [-0.25, -0.2) is 22.8 Å². The summed E-state index contributed by atoms with van der Waals surface area (Å²) in [5.74, 6) is -8.27. The van der Waals surface area contributed by atoms with Crippen LogP contribution in [0.25, 0.3) is 22.0 Å². The Kier molecular flexibility index (Phi) is 15.5. The Bertz CT molecular complexity index is 2110. The first-order chi connectivity index (χ1) is 26.4. The zero-order valence-electron chi connectivity index (χ0n) is 29.3. The number of hydrogen-bond acceptors (Lipinski definition) is 9. The number of piperazine rings is 1. The van der Waals surface area contributed by atoms with Gasteiger partial charge in [0.1, 0.15) is 0 Å². The number of H-pyrrole nitrogens is 1. The van der Waals surface area contributed by atoms with E-state index in [4.69, 9.17) is 29.7 Å². The molecule has 0 radical (unpaired) electrons. The van der Waals surface area contributed by atoms with Crippen molar-refractivity contribution in [3.8, 4) is 11.1 Å². The van der Waals surface area contributed by atoms with E-state index in [2.05, 4.69) is 25.0 Å². The second kappa shape index (κ2) is 18.6. The number of aromatic nitrogens is 3. The molecule has 2 aromatic carbocycles. The lowest BCUT2D eigenvalue weighted by atomic mass is 10.0. The number of hydrogen-bond donors (Lipinski definition) is 4. The van der Waals surface area contributed by atoms with E-state index in [1.165, 1.54) is 6.20 Å². The zero-order chi connectivity index (χ0) is 44.6. The minimum Gasteiger partial charge on any atom is -0.475 e. The summed E-state index contributed by atoms with van der Waals surface area (Å²) in [7, 11) is -3.37. The van der Waals surface area contributed by atoms with Crippen LogP contribution in [0.4, 0.5) is 64.1 Å². The first-order valence-electron chi connectivity index (χ1n) is 15.6. The van der Waals surface area contributed by atoms with Gasteiger partial charge in [-0.3, -0.25) is 10.1 Å². The van der Waals surface area contributed by atoms with E-state index in [9.17, 15) is 61.1 Å². The molecule has 26 heteroatoms. The van der Waals surface area contributed by atoms with E-state index in [-0.39, 0.29) is 5.56 Å². The fourth-order valence-corrected chi connectivity index (χ4v) is 5.73. The Labute approximate surface area is 318 Å². The molecule has 3 heterocycles. The number of sulfone groups is 1. The maximum Gasteiger partial charge on any atom is 0.490 e. The van der Waals surface area contributed by atoms with Crippen LogP contribution in [-0.4, -0.2) is 107 Å². The number of halogens is 12. The third-order valence-electron chi connectivity index (χ3n) is 7.42. The Morgan fingerprint density at radius 1 is 0.724 bits per heavy atom. The van der Waals surface area contributed by atoms with E-state index in [1.54, 1.807) is 56.4 Å². The highest BCUT2D eigenvalue weighted by molar-refractivity contribution is 7.92. The molecule has 0 amide bonds. The molecule has 320 valence electrons. The summed E-state index contributed by atoms with van der Waals surface area (Å²) in [5.41, 5.74) is 1.87. The molecule has 1 saturated heterocycles. The van der Waals surface area contributed by atoms with Gasteiger partial charge in [-0.05, 0) is 55.8 Å². The van der Waals surface area contributed by atoms with E-state index >= 15 is 0 Å². The van der Waals surface area contributed by atoms with Gasteiger partial charge in [0.25, 0.3) is 0 Å². The minimum atomic E-state index is -5.08. The number of anilines is 2. The summed E-state index contributed by atoms with van der Waals surface area (Å²) in [6.07, 6.45) is -16.9. The molecule has 4 N–H and O–H groups in total. The van der Waals surface area contributed by atoms with Crippen LogP contribution in [0.5, 0.6) is 0 Å². The van der Waals surface area contributed by atoms with Crippen molar-refractivity contribution in [2.24, 2.45) is 0 Å². The van der Waals surface area contributed by atoms with Gasteiger partial charge in [0.05, 0.1) is 15.7 Å². The fourth-order valence-electron chi connectivity index (χ4n) is 4.64. The quantitative estimate of drug-likeness (QED) is 0.150. The highest BCUT2D eigenvalue weighted by Gasteiger charge is 2.40. The monoisotopic (exact) mass is 871 g/mol. The SMILES string of the molecule is CC(C)S(=O)(=O)c1cccc(N2CCN(c3ccnc4ccc(-c5c[nH]nc5C(F)(F)F)cc34)CC2)c1.O=C(O)C(F)(F)F.O=C(O)C(F)(F)F.O=C(O)C(F)(F)F. The highest BCUT2D eigenvalue weighted by atomic mass is 32.2. The molecule has 1 aliphatic heterocycles. The lowest BCUT2D eigenvalue weighted by Crippen LogP contribution is -2.46. The van der Waals surface area contributed by atoms with Gasteiger partial charge in [-0.2, -0.15) is 57.8 Å². The number of nitrogens with zero attached hydrogens (tertiary/aromatic N) is 4. The molecule has 4 aromatic rings. The van der Waals surface area contributed by atoms with Crippen LogP contribution in [0.15, 0.2) is 65.8 Å². The predicted molar refractivity (Wildman–Crippen MR) is 179 cm³/mol. The molecule has 0 spiro atoms. The first kappa shape index (κ1) is 48.3. The van der Waals surface area contributed by atoms with Crippen LogP contribution in [0, 0.1) is 0 Å². The topological polar surface area (TPSA) is 194 Å². The summed E-state index contributed by atoms with van der Waals surface area (Å²) in [6.45, 7) is 5.97. The van der Waals surface area contributed by atoms with Crippen molar-refractivity contribution in [3.63, 3.8) is 0 Å². The summed E-state index contributed by atoms with van der Waals surface area (Å²) in [5, 5.41) is 27.4. The number of carboxylic acid groups (broad SMARTS) is 3. The number of nitrogens with one attached hydrogen (secondary N) is 1. The van der Waals surface area contributed by atoms with Crippen molar-refractivity contribution in [2.45, 2.75) is 48.7 Å². The fraction of sp³-hybridized carbons (Fsp3) is 0.344. The largest absolute Gasteiger partial charge is 0.490 e. The Balaban J connectivity index is 0.000000453. The number of carbonyl (C=O) groups is 3. The van der Waals surface area contributed by atoms with Crippen molar-refractivity contribution < 1.29 is 90.8 Å². The van der Waals surface area contributed by atoms with Gasteiger partial charge >= 0.3 is 42.6 Å². The highest BCUT2D eigenvalue weighted by Crippen LogP contribution is 2.38. The number of alkyl halides is 12. The van der Waals surface area contributed by atoms with Crippen molar-refractivity contribution >= 4 is 50.0 Å². The molecule has 2 aromatic heterocycles. The van der Waals surface area contributed by atoms with Crippen molar-refractivity contribution in [2.75, 3.05) is 36.0 Å². The molecule has 1 fully saturated rings. The third-order valence-corrected chi connectivity index (χ3v) is 9.57. The van der Waals surface area contributed by atoms with Crippen LogP contribution in [0.1, 0.15) is 19.5 Å². The smallest absolute Gasteiger partial charge is 0.475 e. The number of pyridine rings is 1. The average molecular weight is 872 g/mol. The predicted octanol–water partition coefficient (Wildman–Crippen LogP) is 7.05. The van der Waals surface area contributed by atoms with Gasteiger partial charge in [0, 0.05) is 60.9 Å². The Morgan fingerprint density at radius 2 is 1.21 bits per heavy atom. The van der Waals surface area contributed by atoms with E-state index in [0.29, 0.717) is 42.2 Å². The number of aromatic amines is 1. The third kappa shape index (κ3) is 13.4. The molecule has 0 saturated carbocycles. The van der Waals surface area contributed by atoms with E-state index in [0.717, 1.165) is 16.8 Å². The second-order valence-corrected chi connectivity index (χ2v) is 14.2. The van der Waals surface area contributed by atoms with Crippen LogP contribution in [0.2, 0.25) is 0 Å². The minimum absolute atomic E-state index is 0.00902. The molecule has 1 aliphatic rings. The normalized spacial score (nSPS) is 13.7. The molecule has 0 aliphatic carbocycles. The van der Waals surface area contributed by atoms with Crippen LogP contribution in [-0.2, 0) is 30.4 Å². The molecular weight excluding hydrogens is 842 g/mol. The van der Waals surface area contributed by atoms with Gasteiger partial charge in [-0.1, -0.05) is 12.1 Å². The summed E-state index contributed by atoms with van der Waals surface area (Å²) >= 11 is 0. The average Bonchev–Trinajstić information content (AvgIpc) is 3.62. The van der Waals surface area contributed by atoms with Crippen LogP contribution in [0.3, 0.4) is 0 Å². The van der Waals surface area contributed by atoms with E-state index in [1.807, 2.05) is 12.1 Å². The second-order valence-electron chi connectivity index (χ2n) is 11.7. The zero-order valence-corrected chi connectivity index (χ0v) is 30.1. The summed E-state index contributed by atoms with van der Waals surface area (Å²) < 4.78 is 161. The molecule has 0 atom stereocenters. The first-order valence-corrected chi connectivity index (χ1v) is 17.2. The molecule has 5 rings (SSSR count). The van der Waals surface area contributed by atoms with Gasteiger partial charge in [-0.15, -0.1) is 0 Å². The number of aliphatic carboxylic acids is 3. The van der Waals surface area contributed by atoms with Gasteiger partial charge in [0.15, 0.2) is 15.5 Å². The Morgan fingerprint density at radius 3 is 1.66 bits per heavy atom. The number of carboxylic acids is 3. The number of benzene rings is 2. The molecular formula is C32H29F12N5O8S. The van der Waals surface area contributed by atoms with Crippen LogP contribution < -0.4 is 9.80 Å².